The predicted molar refractivity (Wildman–Crippen MR) is 101 cm³/mol. The highest BCUT2D eigenvalue weighted by atomic mass is 16.1. The largest absolute Gasteiger partial charge is 0.296 e. The van der Waals surface area contributed by atoms with Gasteiger partial charge < -0.3 is 0 Å². The van der Waals surface area contributed by atoms with Gasteiger partial charge in [0.2, 0.25) is 11.1 Å². The van der Waals surface area contributed by atoms with Crippen LogP contribution in [0.2, 0.25) is 0 Å². The average Bonchev–Trinajstić information content (AvgIpc) is 2.92. The first-order valence-electron chi connectivity index (χ1n) is 8.30. The molecule has 4 aromatic rings. The van der Waals surface area contributed by atoms with Crippen LogP contribution in [0.4, 0.5) is 0 Å². The molecule has 2 heterocycles. The second-order valence-corrected chi connectivity index (χ2v) is 6.38. The van der Waals surface area contributed by atoms with E-state index >= 15 is 0 Å². The van der Waals surface area contributed by atoms with E-state index in [-0.39, 0.29) is 5.43 Å². The van der Waals surface area contributed by atoms with Crippen molar-refractivity contribution in [1.29, 1.82) is 0 Å². The van der Waals surface area contributed by atoms with E-state index in [4.69, 9.17) is 0 Å². The highest BCUT2D eigenvalue weighted by molar-refractivity contribution is 5.73. The van der Waals surface area contributed by atoms with Crippen LogP contribution in [-0.4, -0.2) is 14.6 Å². The first kappa shape index (κ1) is 15.4. The third-order valence-corrected chi connectivity index (χ3v) is 4.49. The van der Waals surface area contributed by atoms with E-state index in [0.717, 1.165) is 33.8 Å². The second-order valence-electron chi connectivity index (χ2n) is 6.38. The van der Waals surface area contributed by atoms with Gasteiger partial charge in [-0.05, 0) is 26.3 Å². The van der Waals surface area contributed by atoms with Crippen molar-refractivity contribution in [2.45, 2.75) is 20.8 Å². The quantitative estimate of drug-likeness (QED) is 0.597. The molecule has 4 heteroatoms. The predicted octanol–water partition coefficient (Wildman–Crippen LogP) is 4.28. The number of aromatic nitrogens is 3. The van der Waals surface area contributed by atoms with E-state index in [9.17, 15) is 4.79 Å². The topological polar surface area (TPSA) is 50.2 Å². The van der Waals surface area contributed by atoms with Crippen molar-refractivity contribution in [3.8, 4) is 22.4 Å². The van der Waals surface area contributed by atoms with E-state index in [1.54, 1.807) is 0 Å². The summed E-state index contributed by atoms with van der Waals surface area (Å²) in [5.74, 6) is 0. The van der Waals surface area contributed by atoms with Crippen molar-refractivity contribution < 1.29 is 0 Å². The second kappa shape index (κ2) is 5.74. The van der Waals surface area contributed by atoms with Gasteiger partial charge in [-0.2, -0.15) is 0 Å². The van der Waals surface area contributed by atoms with Crippen LogP contribution < -0.4 is 5.43 Å². The van der Waals surface area contributed by atoms with Gasteiger partial charge in [0.25, 0.3) is 0 Å². The molecule has 0 spiro atoms. The Morgan fingerprint density at radius 2 is 1.64 bits per heavy atom. The zero-order valence-electron chi connectivity index (χ0n) is 14.5. The number of hydrogen-bond acceptors (Lipinski definition) is 2. The Bertz CT molecular complexity index is 1140. The van der Waals surface area contributed by atoms with Crippen LogP contribution in [-0.2, 0) is 0 Å². The third kappa shape index (κ3) is 2.47. The molecule has 0 unspecified atom stereocenters. The van der Waals surface area contributed by atoms with Gasteiger partial charge in [0, 0.05) is 11.3 Å². The molecule has 2 aromatic carbocycles. The third-order valence-electron chi connectivity index (χ3n) is 4.49. The molecule has 1 N–H and O–H groups in total. The van der Waals surface area contributed by atoms with Crippen LogP contribution in [0.25, 0.3) is 28.0 Å². The number of H-pyrrole nitrogens is 1. The molecule has 0 amide bonds. The number of hydrogen-bond donors (Lipinski definition) is 1. The molecule has 0 aliphatic rings. The van der Waals surface area contributed by atoms with Crippen molar-refractivity contribution in [2.75, 3.05) is 0 Å². The normalized spacial score (nSPS) is 11.2. The lowest BCUT2D eigenvalue weighted by Gasteiger charge is -2.09. The van der Waals surface area contributed by atoms with Gasteiger partial charge in [0.1, 0.15) is 0 Å². The fourth-order valence-corrected chi connectivity index (χ4v) is 3.38. The van der Waals surface area contributed by atoms with Crippen molar-refractivity contribution >= 4 is 5.65 Å². The monoisotopic (exact) mass is 329 g/mol. The molecule has 124 valence electrons. The van der Waals surface area contributed by atoms with Crippen molar-refractivity contribution in [1.82, 2.24) is 14.6 Å². The first-order valence-corrected chi connectivity index (χ1v) is 8.30. The number of rotatable bonds is 2. The average molecular weight is 329 g/mol. The number of aryl methyl sites for hydroxylation is 3. The Morgan fingerprint density at radius 3 is 2.36 bits per heavy atom. The molecule has 0 atom stereocenters. The number of aromatic amines is 1. The fraction of sp³-hybridized carbons (Fsp3) is 0.143. The van der Waals surface area contributed by atoms with Crippen molar-refractivity contribution in [3.63, 3.8) is 0 Å². The number of imidazole rings is 1. The smallest absolute Gasteiger partial charge is 0.232 e. The molecule has 0 aliphatic carbocycles. The van der Waals surface area contributed by atoms with E-state index < -0.39 is 0 Å². The minimum absolute atomic E-state index is 0.0490. The molecule has 0 saturated heterocycles. The van der Waals surface area contributed by atoms with E-state index in [1.165, 1.54) is 0 Å². The lowest BCUT2D eigenvalue weighted by Crippen LogP contribution is -2.14. The molecular formula is C21H19N3O. The molecule has 0 aliphatic heterocycles. The van der Waals surface area contributed by atoms with Crippen LogP contribution in [0.5, 0.6) is 0 Å². The summed E-state index contributed by atoms with van der Waals surface area (Å²) in [6.07, 6.45) is 0. The minimum atomic E-state index is -0.0490. The molecule has 0 saturated carbocycles. The van der Waals surface area contributed by atoms with Gasteiger partial charge in [-0.1, -0.05) is 60.2 Å². The molecule has 0 fully saturated rings. The molecule has 25 heavy (non-hydrogen) atoms. The standard InChI is InChI=1S/C21H19N3O/c1-13-8-7-11-17(12-13)18-14(2)23-24-19(16-9-5-4-6-10-16)15(3)22-21(24)20(18)25/h4-12,23H,1-3H3. The Labute approximate surface area is 145 Å². The van der Waals surface area contributed by atoms with Crippen LogP contribution in [0.1, 0.15) is 17.0 Å². The summed E-state index contributed by atoms with van der Waals surface area (Å²) in [7, 11) is 0. The van der Waals surface area contributed by atoms with Crippen LogP contribution >= 0.6 is 0 Å². The maximum Gasteiger partial charge on any atom is 0.232 e. The Hall–Kier alpha value is -3.14. The zero-order chi connectivity index (χ0) is 17.6. The zero-order valence-corrected chi connectivity index (χ0v) is 14.5. The highest BCUT2D eigenvalue weighted by Gasteiger charge is 2.18. The summed E-state index contributed by atoms with van der Waals surface area (Å²) >= 11 is 0. The Morgan fingerprint density at radius 1 is 0.920 bits per heavy atom. The van der Waals surface area contributed by atoms with Gasteiger partial charge in [0.15, 0.2) is 0 Å². The summed E-state index contributed by atoms with van der Waals surface area (Å²) in [5.41, 5.74) is 6.73. The summed E-state index contributed by atoms with van der Waals surface area (Å²) in [4.78, 5) is 17.7. The number of benzene rings is 2. The van der Waals surface area contributed by atoms with Crippen molar-refractivity contribution in [3.05, 3.63) is 81.8 Å². The van der Waals surface area contributed by atoms with Gasteiger partial charge >= 0.3 is 0 Å². The molecule has 4 rings (SSSR count). The summed E-state index contributed by atoms with van der Waals surface area (Å²) in [6.45, 7) is 5.89. The number of fused-ring (bicyclic) bond motifs is 1. The Balaban J connectivity index is 2.04. The minimum Gasteiger partial charge on any atom is -0.296 e. The van der Waals surface area contributed by atoms with Gasteiger partial charge in [-0.3, -0.25) is 9.89 Å². The maximum absolute atomic E-state index is 13.2. The lowest BCUT2D eigenvalue weighted by atomic mass is 10.0. The van der Waals surface area contributed by atoms with Crippen LogP contribution in [0.3, 0.4) is 0 Å². The molecular weight excluding hydrogens is 310 g/mol. The summed E-state index contributed by atoms with van der Waals surface area (Å²) in [6, 6.07) is 18.0. The Kier molecular flexibility index (Phi) is 3.53. The molecule has 2 aromatic heterocycles. The van der Waals surface area contributed by atoms with E-state index in [0.29, 0.717) is 11.2 Å². The molecule has 4 nitrogen and oxygen atoms in total. The van der Waals surface area contributed by atoms with Crippen LogP contribution in [0.15, 0.2) is 59.4 Å². The summed E-state index contributed by atoms with van der Waals surface area (Å²) in [5, 5.41) is 3.36. The highest BCUT2D eigenvalue weighted by Crippen LogP contribution is 2.25. The lowest BCUT2D eigenvalue weighted by molar-refractivity contribution is 0.902. The van der Waals surface area contributed by atoms with Crippen molar-refractivity contribution in [2.24, 2.45) is 0 Å². The summed E-state index contributed by atoms with van der Waals surface area (Å²) < 4.78 is 1.81. The van der Waals surface area contributed by atoms with Gasteiger partial charge in [-0.15, -0.1) is 0 Å². The number of nitrogens with zero attached hydrogens (tertiary/aromatic N) is 2. The van der Waals surface area contributed by atoms with Crippen LogP contribution in [0, 0.1) is 20.8 Å². The SMILES string of the molecule is Cc1cccc(-c2c(C)[nH]n3c(-c4ccccc4)c(C)nc3c2=O)c1. The molecule has 0 bridgehead atoms. The van der Waals surface area contributed by atoms with Gasteiger partial charge in [0.05, 0.1) is 17.0 Å². The molecule has 0 radical (unpaired) electrons. The van der Waals surface area contributed by atoms with E-state index in [2.05, 4.69) is 10.1 Å². The van der Waals surface area contributed by atoms with E-state index in [1.807, 2.05) is 79.9 Å². The first-order chi connectivity index (χ1) is 12.1. The van der Waals surface area contributed by atoms with Gasteiger partial charge in [-0.25, -0.2) is 9.50 Å². The number of nitrogens with one attached hydrogen (secondary N) is 1. The fourth-order valence-electron chi connectivity index (χ4n) is 3.38. The maximum atomic E-state index is 13.2.